The van der Waals surface area contributed by atoms with Crippen LogP contribution in [0.4, 0.5) is 0 Å². The van der Waals surface area contributed by atoms with E-state index in [4.69, 9.17) is 21.4 Å². The SMILES string of the molecule is O=C(O)c1cc(Oc2cc(Br)ccc2Cl)ccn1. The van der Waals surface area contributed by atoms with Crippen molar-refractivity contribution in [1.82, 2.24) is 4.98 Å². The van der Waals surface area contributed by atoms with Gasteiger partial charge >= 0.3 is 5.97 Å². The average molecular weight is 329 g/mol. The molecule has 0 bridgehead atoms. The third kappa shape index (κ3) is 3.00. The second-order valence-corrected chi connectivity index (χ2v) is 4.68. The molecule has 18 heavy (non-hydrogen) atoms. The molecule has 0 aliphatic heterocycles. The maximum atomic E-state index is 10.8. The number of carboxylic acids is 1. The Kier molecular flexibility index (Phi) is 3.84. The van der Waals surface area contributed by atoms with Crippen molar-refractivity contribution in [3.63, 3.8) is 0 Å². The Bertz CT molecular complexity index is 604. The summed E-state index contributed by atoms with van der Waals surface area (Å²) in [5, 5.41) is 9.26. The summed E-state index contributed by atoms with van der Waals surface area (Å²) in [6, 6.07) is 8.05. The van der Waals surface area contributed by atoms with Crippen molar-refractivity contribution < 1.29 is 14.6 Å². The molecular weight excluding hydrogens is 321 g/mol. The number of rotatable bonds is 3. The zero-order chi connectivity index (χ0) is 13.1. The van der Waals surface area contributed by atoms with E-state index in [1.165, 1.54) is 12.3 Å². The molecule has 0 unspecified atom stereocenters. The number of nitrogens with zero attached hydrogens (tertiary/aromatic N) is 1. The van der Waals surface area contributed by atoms with E-state index in [2.05, 4.69) is 20.9 Å². The van der Waals surface area contributed by atoms with Gasteiger partial charge in [-0.05, 0) is 24.3 Å². The Balaban J connectivity index is 2.31. The van der Waals surface area contributed by atoms with Gasteiger partial charge in [0.2, 0.25) is 0 Å². The number of carboxylic acid groups (broad SMARTS) is 1. The van der Waals surface area contributed by atoms with Crippen molar-refractivity contribution in [2.24, 2.45) is 0 Å². The van der Waals surface area contributed by atoms with E-state index in [0.717, 1.165) is 4.47 Å². The fourth-order valence-corrected chi connectivity index (χ4v) is 1.77. The van der Waals surface area contributed by atoms with Crippen molar-refractivity contribution >= 4 is 33.5 Å². The molecular formula is C12H7BrClNO3. The highest BCUT2D eigenvalue weighted by Gasteiger charge is 2.08. The first-order valence-corrected chi connectivity index (χ1v) is 6.05. The standard InChI is InChI=1S/C12H7BrClNO3/c13-7-1-2-9(14)11(5-7)18-8-3-4-15-10(6-8)12(16)17/h1-6H,(H,16,17). The highest BCUT2D eigenvalue weighted by Crippen LogP contribution is 2.31. The zero-order valence-electron chi connectivity index (χ0n) is 8.93. The lowest BCUT2D eigenvalue weighted by molar-refractivity contribution is 0.0690. The molecule has 92 valence electrons. The second kappa shape index (κ2) is 5.37. The summed E-state index contributed by atoms with van der Waals surface area (Å²) < 4.78 is 6.33. The Morgan fingerprint density at radius 3 is 2.83 bits per heavy atom. The topological polar surface area (TPSA) is 59.4 Å². The molecule has 0 saturated heterocycles. The van der Waals surface area contributed by atoms with Crippen molar-refractivity contribution in [2.75, 3.05) is 0 Å². The predicted octanol–water partition coefficient (Wildman–Crippen LogP) is 3.99. The number of pyridine rings is 1. The molecule has 0 radical (unpaired) electrons. The van der Waals surface area contributed by atoms with Crippen molar-refractivity contribution in [1.29, 1.82) is 0 Å². The van der Waals surface area contributed by atoms with Crippen LogP contribution in [0.25, 0.3) is 0 Å². The number of hydrogen-bond acceptors (Lipinski definition) is 3. The molecule has 0 aliphatic rings. The van der Waals surface area contributed by atoms with E-state index >= 15 is 0 Å². The molecule has 1 aromatic carbocycles. The van der Waals surface area contributed by atoms with Gasteiger partial charge in [-0.3, -0.25) is 0 Å². The lowest BCUT2D eigenvalue weighted by Gasteiger charge is -2.08. The molecule has 0 fully saturated rings. The fraction of sp³-hybridized carbons (Fsp3) is 0. The largest absolute Gasteiger partial charge is 0.477 e. The molecule has 0 saturated carbocycles. The number of benzene rings is 1. The van der Waals surface area contributed by atoms with Gasteiger partial charge in [0.1, 0.15) is 11.5 Å². The molecule has 0 aliphatic carbocycles. The molecule has 1 heterocycles. The Morgan fingerprint density at radius 2 is 2.11 bits per heavy atom. The van der Waals surface area contributed by atoms with E-state index in [1.807, 2.05) is 0 Å². The normalized spacial score (nSPS) is 10.1. The highest BCUT2D eigenvalue weighted by atomic mass is 79.9. The van der Waals surface area contributed by atoms with Gasteiger partial charge < -0.3 is 9.84 Å². The molecule has 4 nitrogen and oxygen atoms in total. The van der Waals surface area contributed by atoms with Crippen LogP contribution in [0.3, 0.4) is 0 Å². The summed E-state index contributed by atoms with van der Waals surface area (Å²) in [6.07, 6.45) is 1.37. The molecule has 6 heteroatoms. The van der Waals surface area contributed by atoms with Gasteiger partial charge in [0.15, 0.2) is 5.69 Å². The monoisotopic (exact) mass is 327 g/mol. The number of ether oxygens (including phenoxy) is 1. The minimum atomic E-state index is -1.11. The molecule has 1 aromatic heterocycles. The second-order valence-electron chi connectivity index (χ2n) is 3.36. The Morgan fingerprint density at radius 1 is 1.33 bits per heavy atom. The fourth-order valence-electron chi connectivity index (χ4n) is 1.27. The van der Waals surface area contributed by atoms with Crippen molar-refractivity contribution in [3.05, 3.63) is 51.7 Å². The van der Waals surface area contributed by atoms with Gasteiger partial charge in [-0.1, -0.05) is 27.5 Å². The molecule has 2 aromatic rings. The van der Waals surface area contributed by atoms with Gasteiger partial charge in [0.25, 0.3) is 0 Å². The maximum absolute atomic E-state index is 10.8. The van der Waals surface area contributed by atoms with Crippen LogP contribution in [0.1, 0.15) is 10.5 Å². The molecule has 1 N–H and O–H groups in total. The van der Waals surface area contributed by atoms with Crippen LogP contribution >= 0.6 is 27.5 Å². The van der Waals surface area contributed by atoms with Gasteiger partial charge in [-0.15, -0.1) is 0 Å². The van der Waals surface area contributed by atoms with Crippen LogP contribution in [0.5, 0.6) is 11.5 Å². The first-order chi connectivity index (χ1) is 8.56. The van der Waals surface area contributed by atoms with Gasteiger partial charge in [-0.2, -0.15) is 0 Å². The van der Waals surface area contributed by atoms with E-state index in [9.17, 15) is 4.79 Å². The van der Waals surface area contributed by atoms with Gasteiger partial charge in [0, 0.05) is 16.7 Å². The van der Waals surface area contributed by atoms with Crippen LogP contribution in [-0.4, -0.2) is 16.1 Å². The summed E-state index contributed by atoms with van der Waals surface area (Å²) in [4.78, 5) is 14.5. The van der Waals surface area contributed by atoms with Crippen LogP contribution in [0.2, 0.25) is 5.02 Å². The highest BCUT2D eigenvalue weighted by molar-refractivity contribution is 9.10. The van der Waals surface area contributed by atoms with Crippen molar-refractivity contribution in [3.8, 4) is 11.5 Å². The average Bonchev–Trinajstić information content (AvgIpc) is 2.34. The summed E-state index contributed by atoms with van der Waals surface area (Å²) in [5.41, 5.74) is -0.0846. The van der Waals surface area contributed by atoms with Crippen LogP contribution in [0, 0.1) is 0 Å². The molecule has 0 atom stereocenters. The zero-order valence-corrected chi connectivity index (χ0v) is 11.3. The van der Waals surface area contributed by atoms with Gasteiger partial charge in [-0.25, -0.2) is 9.78 Å². The van der Waals surface area contributed by atoms with Crippen LogP contribution < -0.4 is 4.74 Å². The van der Waals surface area contributed by atoms with Crippen molar-refractivity contribution in [2.45, 2.75) is 0 Å². The number of carbonyl (C=O) groups is 1. The number of halogens is 2. The Hall–Kier alpha value is -1.59. The third-order valence-corrected chi connectivity index (χ3v) is 2.88. The predicted molar refractivity (Wildman–Crippen MR) is 70.4 cm³/mol. The maximum Gasteiger partial charge on any atom is 0.354 e. The van der Waals surface area contributed by atoms with Gasteiger partial charge in [0.05, 0.1) is 5.02 Å². The van der Waals surface area contributed by atoms with E-state index < -0.39 is 5.97 Å². The third-order valence-electron chi connectivity index (χ3n) is 2.07. The minimum Gasteiger partial charge on any atom is -0.477 e. The lowest BCUT2D eigenvalue weighted by atomic mass is 10.3. The van der Waals surface area contributed by atoms with Crippen LogP contribution in [0.15, 0.2) is 41.0 Å². The lowest BCUT2D eigenvalue weighted by Crippen LogP contribution is -1.99. The van der Waals surface area contributed by atoms with E-state index in [0.29, 0.717) is 16.5 Å². The summed E-state index contributed by atoms with van der Waals surface area (Å²) in [7, 11) is 0. The van der Waals surface area contributed by atoms with E-state index in [1.54, 1.807) is 24.3 Å². The molecule has 0 spiro atoms. The number of aromatic nitrogens is 1. The Labute approximate surface area is 116 Å². The first-order valence-electron chi connectivity index (χ1n) is 4.88. The minimum absolute atomic E-state index is 0.0846. The number of hydrogen-bond donors (Lipinski definition) is 1. The smallest absolute Gasteiger partial charge is 0.354 e. The summed E-state index contributed by atoms with van der Waals surface area (Å²) in [6.45, 7) is 0. The first kappa shape index (κ1) is 12.9. The van der Waals surface area contributed by atoms with Crippen LogP contribution in [-0.2, 0) is 0 Å². The molecule has 0 amide bonds. The van der Waals surface area contributed by atoms with E-state index in [-0.39, 0.29) is 5.69 Å². The number of aromatic carboxylic acids is 1. The summed E-state index contributed by atoms with van der Waals surface area (Å²) >= 11 is 9.27. The molecule has 2 rings (SSSR count). The quantitative estimate of drug-likeness (QED) is 0.925. The summed E-state index contributed by atoms with van der Waals surface area (Å²) in [5.74, 6) is -0.309.